The molecule has 0 N–H and O–H groups in total. The molecule has 0 amide bonds. The van der Waals surface area contributed by atoms with Gasteiger partial charge in [-0.1, -0.05) is 0 Å². The van der Waals surface area contributed by atoms with Gasteiger partial charge in [-0.05, 0) is 12.1 Å². The fourth-order valence-corrected chi connectivity index (χ4v) is 1.89. The van der Waals surface area contributed by atoms with Crippen molar-refractivity contribution in [2.45, 2.75) is 0 Å². The molecule has 18 heavy (non-hydrogen) atoms. The van der Waals surface area contributed by atoms with Crippen LogP contribution in [0.3, 0.4) is 0 Å². The lowest BCUT2D eigenvalue weighted by atomic mass is 10.2. The van der Waals surface area contributed by atoms with Crippen molar-refractivity contribution in [3.8, 4) is 0 Å². The lowest BCUT2D eigenvalue weighted by molar-refractivity contribution is 0.0600. The van der Waals surface area contributed by atoms with Crippen LogP contribution in [-0.2, 0) is 14.6 Å². The zero-order valence-electron chi connectivity index (χ0n) is 10.6. The van der Waals surface area contributed by atoms with Crippen LogP contribution < -0.4 is 4.90 Å². The molecule has 0 fully saturated rings. The van der Waals surface area contributed by atoms with Gasteiger partial charge in [0.25, 0.3) is 0 Å². The number of anilines is 1. The van der Waals surface area contributed by atoms with E-state index in [1.54, 1.807) is 24.1 Å². The molecule has 0 unspecified atom stereocenters. The number of ether oxygens (including phenoxy) is 1. The maximum absolute atomic E-state index is 11.3. The van der Waals surface area contributed by atoms with E-state index in [9.17, 15) is 13.2 Å². The van der Waals surface area contributed by atoms with Gasteiger partial charge in [-0.2, -0.15) is 0 Å². The molecule has 1 heterocycles. The third kappa shape index (κ3) is 4.33. The van der Waals surface area contributed by atoms with Crippen molar-refractivity contribution in [3.63, 3.8) is 0 Å². The highest BCUT2D eigenvalue weighted by Gasteiger charge is 2.11. The number of carbonyl (C=O) groups excluding carboxylic acids is 1. The number of hydrogen-bond donors (Lipinski definition) is 0. The quantitative estimate of drug-likeness (QED) is 0.720. The number of sulfone groups is 1. The molecule has 1 rings (SSSR count). The summed E-state index contributed by atoms with van der Waals surface area (Å²) in [6.45, 7) is 0.316. The van der Waals surface area contributed by atoms with Crippen LogP contribution in [0.5, 0.6) is 0 Å². The minimum Gasteiger partial charge on any atom is -0.465 e. The molecule has 0 bridgehead atoms. The number of esters is 1. The third-order valence-electron chi connectivity index (χ3n) is 2.36. The van der Waals surface area contributed by atoms with Gasteiger partial charge in [0.2, 0.25) is 0 Å². The molecule has 0 aliphatic rings. The fourth-order valence-electron chi connectivity index (χ4n) is 1.29. The minimum atomic E-state index is -3.02. The van der Waals surface area contributed by atoms with E-state index in [0.29, 0.717) is 17.9 Å². The Morgan fingerprint density at radius 3 is 2.72 bits per heavy atom. The molecule has 0 aromatic carbocycles. The van der Waals surface area contributed by atoms with E-state index < -0.39 is 15.8 Å². The van der Waals surface area contributed by atoms with Gasteiger partial charge < -0.3 is 9.64 Å². The summed E-state index contributed by atoms with van der Waals surface area (Å²) in [6.07, 6.45) is 2.66. The van der Waals surface area contributed by atoms with Crippen molar-refractivity contribution >= 4 is 21.6 Å². The van der Waals surface area contributed by atoms with Gasteiger partial charge in [-0.15, -0.1) is 0 Å². The molecule has 100 valence electrons. The summed E-state index contributed by atoms with van der Waals surface area (Å²) in [7, 11) is -0.00114. The average Bonchev–Trinajstić information content (AvgIpc) is 2.34. The zero-order chi connectivity index (χ0) is 13.8. The molecule has 0 atom stereocenters. The topological polar surface area (TPSA) is 76.6 Å². The van der Waals surface area contributed by atoms with E-state index in [1.165, 1.54) is 19.6 Å². The van der Waals surface area contributed by atoms with Crippen LogP contribution in [0, 0.1) is 0 Å². The summed E-state index contributed by atoms with van der Waals surface area (Å²) in [5.74, 6) is 0.116. The molecule has 6 nitrogen and oxygen atoms in total. The molecule has 0 aliphatic carbocycles. The number of aromatic nitrogens is 1. The smallest absolute Gasteiger partial charge is 0.338 e. The van der Waals surface area contributed by atoms with Gasteiger partial charge in [0.05, 0.1) is 18.4 Å². The van der Waals surface area contributed by atoms with Crippen molar-refractivity contribution in [1.82, 2.24) is 4.98 Å². The Morgan fingerprint density at radius 2 is 2.17 bits per heavy atom. The van der Waals surface area contributed by atoms with Crippen molar-refractivity contribution in [1.29, 1.82) is 0 Å². The lowest BCUT2D eigenvalue weighted by Gasteiger charge is -2.17. The van der Waals surface area contributed by atoms with Crippen LogP contribution in [0.25, 0.3) is 0 Å². The predicted molar refractivity (Wildman–Crippen MR) is 68.6 cm³/mol. The summed E-state index contributed by atoms with van der Waals surface area (Å²) < 4.78 is 26.7. The Kier molecular flexibility index (Phi) is 4.66. The van der Waals surface area contributed by atoms with Crippen LogP contribution in [-0.4, -0.2) is 52.1 Å². The van der Waals surface area contributed by atoms with E-state index in [4.69, 9.17) is 0 Å². The van der Waals surface area contributed by atoms with Crippen LogP contribution in [0.4, 0.5) is 5.82 Å². The second kappa shape index (κ2) is 5.81. The second-order valence-corrected chi connectivity index (χ2v) is 6.21. The Labute approximate surface area is 107 Å². The first-order valence-corrected chi connectivity index (χ1v) is 7.33. The summed E-state index contributed by atoms with van der Waals surface area (Å²) in [6, 6.07) is 3.11. The van der Waals surface area contributed by atoms with Gasteiger partial charge in [-0.25, -0.2) is 18.2 Å². The highest BCUT2D eigenvalue weighted by atomic mass is 32.2. The number of nitrogens with zero attached hydrogens (tertiary/aromatic N) is 2. The summed E-state index contributed by atoms with van der Waals surface area (Å²) in [4.78, 5) is 17.1. The number of hydrogen-bond acceptors (Lipinski definition) is 6. The summed E-state index contributed by atoms with van der Waals surface area (Å²) in [5, 5.41) is 0. The van der Waals surface area contributed by atoms with Gasteiger partial charge >= 0.3 is 5.97 Å². The number of pyridine rings is 1. The van der Waals surface area contributed by atoms with Crippen LogP contribution in [0.2, 0.25) is 0 Å². The zero-order valence-corrected chi connectivity index (χ0v) is 11.4. The molecular weight excluding hydrogens is 256 g/mol. The molecule has 7 heteroatoms. The molecular formula is C11H16N2O4S. The first-order valence-electron chi connectivity index (χ1n) is 5.26. The van der Waals surface area contributed by atoms with Gasteiger partial charge in [0, 0.05) is 26.0 Å². The third-order valence-corrected chi connectivity index (χ3v) is 3.28. The minimum absolute atomic E-state index is 0.0353. The van der Waals surface area contributed by atoms with E-state index in [0.717, 1.165) is 0 Å². The van der Waals surface area contributed by atoms with Crippen molar-refractivity contribution in [3.05, 3.63) is 23.9 Å². The summed E-state index contributed by atoms with van der Waals surface area (Å²) >= 11 is 0. The number of methoxy groups -OCH3 is 1. The predicted octanol–water partition coefficient (Wildman–Crippen LogP) is 0.349. The van der Waals surface area contributed by atoms with Gasteiger partial charge in [-0.3, -0.25) is 0 Å². The van der Waals surface area contributed by atoms with Gasteiger partial charge in [0.15, 0.2) is 0 Å². The molecule has 0 saturated carbocycles. The monoisotopic (exact) mass is 272 g/mol. The largest absolute Gasteiger partial charge is 0.465 e. The van der Waals surface area contributed by atoms with Crippen LogP contribution in [0.15, 0.2) is 18.3 Å². The maximum Gasteiger partial charge on any atom is 0.338 e. The average molecular weight is 272 g/mol. The second-order valence-electron chi connectivity index (χ2n) is 3.95. The molecule has 0 spiro atoms. The highest BCUT2D eigenvalue weighted by molar-refractivity contribution is 7.90. The Morgan fingerprint density at radius 1 is 1.50 bits per heavy atom. The molecule has 1 aromatic heterocycles. The Bertz CT molecular complexity index is 528. The Hall–Kier alpha value is -1.63. The van der Waals surface area contributed by atoms with Crippen LogP contribution >= 0.6 is 0 Å². The van der Waals surface area contributed by atoms with Gasteiger partial charge in [0.1, 0.15) is 15.7 Å². The summed E-state index contributed by atoms with van der Waals surface area (Å²) in [5.41, 5.74) is 0.383. The Balaban J connectivity index is 2.80. The molecule has 0 radical (unpaired) electrons. The highest BCUT2D eigenvalue weighted by Crippen LogP contribution is 2.11. The molecule has 0 saturated heterocycles. The first-order chi connectivity index (χ1) is 8.33. The molecule has 0 aliphatic heterocycles. The van der Waals surface area contributed by atoms with E-state index >= 15 is 0 Å². The van der Waals surface area contributed by atoms with E-state index in [2.05, 4.69) is 9.72 Å². The van der Waals surface area contributed by atoms with Crippen molar-refractivity contribution in [2.75, 3.05) is 37.6 Å². The van der Waals surface area contributed by atoms with E-state index in [-0.39, 0.29) is 5.75 Å². The fraction of sp³-hybridized carbons (Fsp3) is 0.455. The lowest BCUT2D eigenvalue weighted by Crippen LogP contribution is -2.25. The van der Waals surface area contributed by atoms with Crippen LogP contribution in [0.1, 0.15) is 10.4 Å². The number of rotatable bonds is 5. The maximum atomic E-state index is 11.3. The SMILES string of the molecule is COC(=O)c1ccnc(N(C)CCS(C)(=O)=O)c1. The first kappa shape index (κ1) is 14.4. The number of carbonyl (C=O) groups is 1. The van der Waals surface area contributed by atoms with Crippen molar-refractivity contribution < 1.29 is 17.9 Å². The van der Waals surface area contributed by atoms with Crippen molar-refractivity contribution in [2.24, 2.45) is 0 Å². The normalized spacial score (nSPS) is 11.1. The van der Waals surface area contributed by atoms with E-state index in [1.807, 2.05) is 0 Å². The standard InChI is InChI=1S/C11H16N2O4S/c1-13(6-7-18(3,15)16)10-8-9(4-5-12-10)11(14)17-2/h4-5,8H,6-7H2,1-3H3. The molecule has 1 aromatic rings.